The molecule has 0 aromatic heterocycles. The molecule has 2 fully saturated rings. The van der Waals surface area contributed by atoms with Gasteiger partial charge in [-0.3, -0.25) is 4.90 Å². The Labute approximate surface area is 68.2 Å². The van der Waals surface area contributed by atoms with Crippen LogP contribution in [0.5, 0.6) is 0 Å². The van der Waals surface area contributed by atoms with Crippen molar-refractivity contribution in [1.82, 2.24) is 4.90 Å². The Morgan fingerprint density at radius 1 is 1.09 bits per heavy atom. The summed E-state index contributed by atoms with van der Waals surface area (Å²) in [5.41, 5.74) is 0. The lowest BCUT2D eigenvalue weighted by molar-refractivity contribution is 0.160. The van der Waals surface area contributed by atoms with Crippen LogP contribution in [0.15, 0.2) is 0 Å². The van der Waals surface area contributed by atoms with Gasteiger partial charge in [-0.15, -0.1) is 0 Å². The molecular formula is C9H17NO. The Kier molecular flexibility index (Phi) is 2.14. The third-order valence-electron chi connectivity index (χ3n) is 3.04. The molecule has 2 aliphatic rings. The van der Waals surface area contributed by atoms with Crippen molar-refractivity contribution in [2.75, 3.05) is 13.1 Å². The van der Waals surface area contributed by atoms with Gasteiger partial charge in [-0.2, -0.15) is 0 Å². The highest BCUT2D eigenvalue weighted by Crippen LogP contribution is 2.26. The Morgan fingerprint density at radius 2 is 1.82 bits per heavy atom. The van der Waals surface area contributed by atoms with Gasteiger partial charge in [0.25, 0.3) is 0 Å². The lowest BCUT2D eigenvalue weighted by atomic mass is 10.2. The number of aliphatic hydroxyl groups is 1. The topological polar surface area (TPSA) is 23.5 Å². The normalized spacial score (nSPS) is 35.2. The molecule has 2 nitrogen and oxygen atoms in total. The molecule has 2 heteroatoms. The van der Waals surface area contributed by atoms with E-state index in [-0.39, 0.29) is 6.10 Å². The predicted molar refractivity (Wildman–Crippen MR) is 44.5 cm³/mol. The number of rotatable bonds is 1. The summed E-state index contributed by atoms with van der Waals surface area (Å²) >= 11 is 0. The van der Waals surface area contributed by atoms with Gasteiger partial charge < -0.3 is 5.11 Å². The molecule has 1 heterocycles. The molecule has 1 N–H and O–H groups in total. The second-order valence-corrected chi connectivity index (χ2v) is 3.88. The van der Waals surface area contributed by atoms with Gasteiger partial charge in [0, 0.05) is 19.1 Å². The van der Waals surface area contributed by atoms with E-state index in [0.29, 0.717) is 0 Å². The Balaban J connectivity index is 1.85. The third kappa shape index (κ3) is 1.57. The maximum absolute atomic E-state index is 9.32. The molecule has 0 aromatic carbocycles. The summed E-state index contributed by atoms with van der Waals surface area (Å²) in [4.78, 5) is 2.47. The minimum atomic E-state index is -0.0319. The molecule has 1 atom stereocenters. The molecule has 1 aliphatic carbocycles. The quantitative estimate of drug-likeness (QED) is 0.610. The highest BCUT2D eigenvalue weighted by Gasteiger charge is 2.28. The van der Waals surface area contributed by atoms with Crippen LogP contribution in [0.1, 0.15) is 32.1 Å². The van der Waals surface area contributed by atoms with Crippen molar-refractivity contribution < 1.29 is 5.11 Å². The minimum Gasteiger partial charge on any atom is -0.392 e. The van der Waals surface area contributed by atoms with Gasteiger partial charge >= 0.3 is 0 Å². The second kappa shape index (κ2) is 3.11. The van der Waals surface area contributed by atoms with E-state index in [2.05, 4.69) is 4.90 Å². The number of aliphatic hydroxyl groups excluding tert-OH is 1. The van der Waals surface area contributed by atoms with Crippen molar-refractivity contribution in [1.29, 1.82) is 0 Å². The molecule has 0 unspecified atom stereocenters. The van der Waals surface area contributed by atoms with E-state index in [4.69, 9.17) is 0 Å². The van der Waals surface area contributed by atoms with E-state index in [0.717, 1.165) is 25.6 Å². The summed E-state index contributed by atoms with van der Waals surface area (Å²) in [6.07, 6.45) is 6.50. The van der Waals surface area contributed by atoms with Crippen molar-refractivity contribution >= 4 is 0 Å². The van der Waals surface area contributed by atoms with Crippen molar-refractivity contribution in [3.8, 4) is 0 Å². The smallest absolute Gasteiger partial charge is 0.0679 e. The zero-order chi connectivity index (χ0) is 7.68. The molecule has 0 amide bonds. The van der Waals surface area contributed by atoms with E-state index >= 15 is 0 Å². The van der Waals surface area contributed by atoms with Crippen LogP contribution in [-0.4, -0.2) is 35.2 Å². The standard InChI is InChI=1S/C9H17NO/c11-9-5-6-10(7-9)8-3-1-2-4-8/h8-9,11H,1-7H2/t9-/m0/s1. The minimum absolute atomic E-state index is 0.0319. The first-order valence-corrected chi connectivity index (χ1v) is 4.78. The molecule has 0 aromatic rings. The number of hydrogen-bond donors (Lipinski definition) is 1. The van der Waals surface area contributed by atoms with Crippen molar-refractivity contribution in [2.45, 2.75) is 44.2 Å². The molecule has 11 heavy (non-hydrogen) atoms. The van der Waals surface area contributed by atoms with Crippen molar-refractivity contribution in [3.05, 3.63) is 0 Å². The average Bonchev–Trinajstić information content (AvgIpc) is 2.55. The molecule has 2 rings (SSSR count). The van der Waals surface area contributed by atoms with Gasteiger partial charge in [-0.05, 0) is 19.3 Å². The average molecular weight is 155 g/mol. The number of hydrogen-bond acceptors (Lipinski definition) is 2. The number of β-amino-alcohol motifs (C(OH)–C–C–N with tert-alkyl or cyclic N) is 1. The van der Waals surface area contributed by atoms with Gasteiger partial charge in [0.1, 0.15) is 0 Å². The highest BCUT2D eigenvalue weighted by atomic mass is 16.3. The molecule has 1 aliphatic heterocycles. The summed E-state index contributed by atoms with van der Waals surface area (Å²) in [7, 11) is 0. The summed E-state index contributed by atoms with van der Waals surface area (Å²) in [5.74, 6) is 0. The first-order valence-electron chi connectivity index (χ1n) is 4.78. The Morgan fingerprint density at radius 3 is 2.36 bits per heavy atom. The molecule has 0 radical (unpaired) electrons. The van der Waals surface area contributed by atoms with Crippen LogP contribution in [0.2, 0.25) is 0 Å². The van der Waals surface area contributed by atoms with Crippen LogP contribution in [0.4, 0.5) is 0 Å². The zero-order valence-electron chi connectivity index (χ0n) is 7.00. The van der Waals surface area contributed by atoms with Crippen LogP contribution in [-0.2, 0) is 0 Å². The Bertz CT molecular complexity index is 132. The summed E-state index contributed by atoms with van der Waals surface area (Å²) in [6, 6.07) is 0.812. The third-order valence-corrected chi connectivity index (χ3v) is 3.04. The van der Waals surface area contributed by atoms with Crippen LogP contribution < -0.4 is 0 Å². The fourth-order valence-electron chi connectivity index (χ4n) is 2.37. The highest BCUT2D eigenvalue weighted by molar-refractivity contribution is 4.83. The molecule has 1 saturated carbocycles. The van der Waals surface area contributed by atoms with E-state index in [1.54, 1.807) is 0 Å². The van der Waals surface area contributed by atoms with Crippen LogP contribution in [0.25, 0.3) is 0 Å². The molecule has 64 valence electrons. The fourth-order valence-corrected chi connectivity index (χ4v) is 2.37. The van der Waals surface area contributed by atoms with Crippen molar-refractivity contribution in [3.63, 3.8) is 0 Å². The predicted octanol–water partition coefficient (Wildman–Crippen LogP) is 0.996. The second-order valence-electron chi connectivity index (χ2n) is 3.88. The van der Waals surface area contributed by atoms with Gasteiger partial charge in [-0.1, -0.05) is 12.8 Å². The maximum Gasteiger partial charge on any atom is 0.0679 e. The first kappa shape index (κ1) is 7.56. The monoisotopic (exact) mass is 155 g/mol. The van der Waals surface area contributed by atoms with Crippen LogP contribution >= 0.6 is 0 Å². The van der Waals surface area contributed by atoms with Gasteiger partial charge in [0.15, 0.2) is 0 Å². The van der Waals surface area contributed by atoms with E-state index in [1.165, 1.54) is 25.7 Å². The fraction of sp³-hybridized carbons (Fsp3) is 1.00. The molecular weight excluding hydrogens is 138 g/mol. The summed E-state index contributed by atoms with van der Waals surface area (Å²) in [5, 5.41) is 9.32. The van der Waals surface area contributed by atoms with Gasteiger partial charge in [-0.25, -0.2) is 0 Å². The van der Waals surface area contributed by atoms with Gasteiger partial charge in [0.2, 0.25) is 0 Å². The van der Waals surface area contributed by atoms with Crippen LogP contribution in [0, 0.1) is 0 Å². The zero-order valence-corrected chi connectivity index (χ0v) is 7.00. The summed E-state index contributed by atoms with van der Waals surface area (Å²) in [6.45, 7) is 2.07. The summed E-state index contributed by atoms with van der Waals surface area (Å²) < 4.78 is 0. The van der Waals surface area contributed by atoms with Crippen molar-refractivity contribution in [2.24, 2.45) is 0 Å². The number of likely N-dealkylation sites (tertiary alicyclic amines) is 1. The Hall–Kier alpha value is -0.0800. The van der Waals surface area contributed by atoms with E-state index in [9.17, 15) is 5.11 Å². The molecule has 1 saturated heterocycles. The lowest BCUT2D eigenvalue weighted by Crippen LogP contribution is -2.31. The first-order chi connectivity index (χ1) is 5.36. The van der Waals surface area contributed by atoms with Gasteiger partial charge in [0.05, 0.1) is 6.10 Å². The van der Waals surface area contributed by atoms with Crippen LogP contribution in [0.3, 0.4) is 0 Å². The maximum atomic E-state index is 9.32. The molecule has 0 spiro atoms. The largest absolute Gasteiger partial charge is 0.392 e. The van der Waals surface area contributed by atoms with E-state index < -0.39 is 0 Å². The number of nitrogens with zero attached hydrogens (tertiary/aromatic N) is 1. The lowest BCUT2D eigenvalue weighted by Gasteiger charge is -2.22. The SMILES string of the molecule is O[C@H]1CCN(C2CCCC2)C1. The van der Waals surface area contributed by atoms with E-state index in [1.807, 2.05) is 0 Å². The molecule has 0 bridgehead atoms.